The van der Waals surface area contributed by atoms with Gasteiger partial charge in [-0.2, -0.15) is 0 Å². The molecule has 136 valence electrons. The molecule has 6 heteroatoms. The van der Waals surface area contributed by atoms with E-state index in [1.807, 2.05) is 4.90 Å². The second-order valence-electron chi connectivity index (χ2n) is 7.73. The van der Waals surface area contributed by atoms with Crippen LogP contribution in [0.1, 0.15) is 37.8 Å². The van der Waals surface area contributed by atoms with E-state index in [9.17, 15) is 13.6 Å². The number of hydrogen-bond acceptors (Lipinski definition) is 2. The van der Waals surface area contributed by atoms with E-state index in [-0.39, 0.29) is 12.1 Å². The van der Waals surface area contributed by atoms with Crippen molar-refractivity contribution in [2.75, 3.05) is 26.2 Å². The summed E-state index contributed by atoms with van der Waals surface area (Å²) >= 11 is 0. The molecule has 4 atom stereocenters. The molecule has 0 bridgehead atoms. The van der Waals surface area contributed by atoms with Crippen molar-refractivity contribution in [3.05, 3.63) is 35.4 Å². The first-order valence-electron chi connectivity index (χ1n) is 9.27. The van der Waals surface area contributed by atoms with Crippen LogP contribution in [0.2, 0.25) is 0 Å². The number of carbonyl (C=O) groups excluding carboxylic acids is 1. The number of halogens is 2. The minimum absolute atomic E-state index is 0.103. The summed E-state index contributed by atoms with van der Waals surface area (Å²) in [5.41, 5.74) is 0.574. The molecular formula is C19H25F2N3O. The molecule has 1 N–H and O–H groups in total. The quantitative estimate of drug-likeness (QED) is 0.890. The van der Waals surface area contributed by atoms with E-state index in [0.717, 1.165) is 31.8 Å². The van der Waals surface area contributed by atoms with Gasteiger partial charge in [0.1, 0.15) is 0 Å². The summed E-state index contributed by atoms with van der Waals surface area (Å²) in [6.45, 7) is 5.72. The molecule has 4 rings (SSSR count). The standard InChI is InChI=1S/C19H25F2N3O/c1-12(13-5-6-16(20)17(21)8-13)22-19(25)24-10-14-9-23-7-3-2-4-18(23)15(14)11-24/h5-6,8,12,14-15,18H,2-4,7,9-11H2,1H3,(H,22,25). The van der Waals surface area contributed by atoms with Crippen LogP contribution in [0.15, 0.2) is 18.2 Å². The van der Waals surface area contributed by atoms with Crippen molar-refractivity contribution in [1.82, 2.24) is 15.1 Å². The van der Waals surface area contributed by atoms with Gasteiger partial charge in [-0.15, -0.1) is 0 Å². The fraction of sp³-hybridized carbons (Fsp3) is 0.632. The topological polar surface area (TPSA) is 35.6 Å². The van der Waals surface area contributed by atoms with Crippen molar-refractivity contribution < 1.29 is 13.6 Å². The van der Waals surface area contributed by atoms with Crippen molar-refractivity contribution in [2.24, 2.45) is 11.8 Å². The van der Waals surface area contributed by atoms with E-state index in [1.165, 1.54) is 31.9 Å². The fourth-order valence-electron chi connectivity index (χ4n) is 4.86. The highest BCUT2D eigenvalue weighted by Gasteiger charge is 2.48. The first-order valence-corrected chi connectivity index (χ1v) is 9.27. The summed E-state index contributed by atoms with van der Waals surface area (Å²) in [6, 6.07) is 3.95. The molecule has 3 heterocycles. The maximum atomic E-state index is 13.4. The maximum Gasteiger partial charge on any atom is 0.317 e. The highest BCUT2D eigenvalue weighted by atomic mass is 19.2. The van der Waals surface area contributed by atoms with Gasteiger partial charge in [-0.25, -0.2) is 13.6 Å². The van der Waals surface area contributed by atoms with E-state index in [1.54, 1.807) is 6.92 Å². The van der Waals surface area contributed by atoms with Crippen LogP contribution in [-0.2, 0) is 0 Å². The Balaban J connectivity index is 1.37. The number of benzene rings is 1. The van der Waals surface area contributed by atoms with Crippen LogP contribution in [0, 0.1) is 23.5 Å². The van der Waals surface area contributed by atoms with Gasteiger partial charge < -0.3 is 10.2 Å². The molecule has 0 aliphatic carbocycles. The second-order valence-corrected chi connectivity index (χ2v) is 7.73. The lowest BCUT2D eigenvalue weighted by Crippen LogP contribution is -2.44. The molecule has 0 spiro atoms. The average molecular weight is 349 g/mol. The zero-order chi connectivity index (χ0) is 17.6. The lowest BCUT2D eigenvalue weighted by Gasteiger charge is -2.33. The van der Waals surface area contributed by atoms with E-state index >= 15 is 0 Å². The number of amides is 2. The van der Waals surface area contributed by atoms with Gasteiger partial charge in [-0.05, 0) is 55.8 Å². The molecule has 3 fully saturated rings. The molecule has 0 aromatic heterocycles. The number of piperidine rings is 1. The Bertz CT molecular complexity index is 668. The molecule has 3 aliphatic heterocycles. The second kappa shape index (κ2) is 6.56. The number of fused-ring (bicyclic) bond motifs is 3. The zero-order valence-electron chi connectivity index (χ0n) is 14.5. The molecule has 1 aromatic carbocycles. The van der Waals surface area contributed by atoms with E-state index in [0.29, 0.717) is 23.4 Å². The van der Waals surface area contributed by atoms with Crippen LogP contribution in [0.25, 0.3) is 0 Å². The molecule has 1 aromatic rings. The van der Waals surface area contributed by atoms with Crippen LogP contribution in [-0.4, -0.2) is 48.1 Å². The SMILES string of the molecule is CC(NC(=O)N1CC2CN3CCCCC3C2C1)c1ccc(F)c(F)c1. The van der Waals surface area contributed by atoms with Gasteiger partial charge in [0, 0.05) is 25.7 Å². The minimum Gasteiger partial charge on any atom is -0.331 e. The summed E-state index contributed by atoms with van der Waals surface area (Å²) in [5, 5.41) is 2.93. The molecule has 4 unspecified atom stereocenters. The van der Waals surface area contributed by atoms with Gasteiger partial charge in [0.15, 0.2) is 11.6 Å². The van der Waals surface area contributed by atoms with Gasteiger partial charge in [-0.1, -0.05) is 12.5 Å². The molecule has 25 heavy (non-hydrogen) atoms. The molecule has 3 saturated heterocycles. The fourth-order valence-corrected chi connectivity index (χ4v) is 4.86. The minimum atomic E-state index is -0.883. The summed E-state index contributed by atoms with van der Waals surface area (Å²) in [4.78, 5) is 17.1. The molecule has 0 saturated carbocycles. The summed E-state index contributed by atoms with van der Waals surface area (Å²) < 4.78 is 26.5. The summed E-state index contributed by atoms with van der Waals surface area (Å²) in [7, 11) is 0. The van der Waals surface area contributed by atoms with Crippen LogP contribution in [0.4, 0.5) is 13.6 Å². The Morgan fingerprint density at radius 1 is 1.20 bits per heavy atom. The molecule has 4 nitrogen and oxygen atoms in total. The lowest BCUT2D eigenvalue weighted by atomic mass is 9.90. The smallest absolute Gasteiger partial charge is 0.317 e. The van der Waals surface area contributed by atoms with Crippen molar-refractivity contribution in [3.8, 4) is 0 Å². The molecule has 2 amide bonds. The third kappa shape index (κ3) is 3.12. The summed E-state index contributed by atoms with van der Waals surface area (Å²) in [5.74, 6) is -0.588. The maximum absolute atomic E-state index is 13.4. The van der Waals surface area contributed by atoms with Gasteiger partial charge in [0.05, 0.1) is 6.04 Å². The number of nitrogens with one attached hydrogen (secondary N) is 1. The highest BCUT2D eigenvalue weighted by molar-refractivity contribution is 5.75. The van der Waals surface area contributed by atoms with Crippen LogP contribution in [0.5, 0.6) is 0 Å². The molecule has 0 radical (unpaired) electrons. The van der Waals surface area contributed by atoms with E-state index in [4.69, 9.17) is 0 Å². The first-order chi connectivity index (χ1) is 12.0. The third-order valence-electron chi connectivity index (χ3n) is 6.19. The Kier molecular flexibility index (Phi) is 4.40. The molecular weight excluding hydrogens is 324 g/mol. The number of likely N-dealkylation sites (tertiary alicyclic amines) is 1. The van der Waals surface area contributed by atoms with Crippen molar-refractivity contribution in [1.29, 1.82) is 0 Å². The van der Waals surface area contributed by atoms with Crippen LogP contribution >= 0.6 is 0 Å². The normalized spacial score (nSPS) is 30.0. The van der Waals surface area contributed by atoms with Crippen LogP contribution < -0.4 is 5.32 Å². The Morgan fingerprint density at radius 2 is 2.04 bits per heavy atom. The average Bonchev–Trinajstić information content (AvgIpc) is 3.15. The number of nitrogens with zero attached hydrogens (tertiary/aromatic N) is 2. The van der Waals surface area contributed by atoms with Crippen molar-refractivity contribution in [2.45, 2.75) is 38.3 Å². The largest absolute Gasteiger partial charge is 0.331 e. The van der Waals surface area contributed by atoms with E-state index in [2.05, 4.69) is 10.2 Å². The first kappa shape index (κ1) is 16.8. The number of hydrogen-bond donors (Lipinski definition) is 1. The monoisotopic (exact) mass is 349 g/mol. The van der Waals surface area contributed by atoms with Gasteiger partial charge in [0.25, 0.3) is 0 Å². The Labute approximate surface area is 147 Å². The lowest BCUT2D eigenvalue weighted by molar-refractivity contribution is 0.153. The molecule has 3 aliphatic rings. The predicted molar refractivity (Wildman–Crippen MR) is 91.1 cm³/mol. The van der Waals surface area contributed by atoms with E-state index < -0.39 is 11.6 Å². The number of carbonyl (C=O) groups is 1. The predicted octanol–water partition coefficient (Wildman–Crippen LogP) is 3.15. The number of urea groups is 1. The van der Waals surface area contributed by atoms with Gasteiger partial charge in [0.2, 0.25) is 0 Å². The third-order valence-corrected chi connectivity index (χ3v) is 6.19. The Hall–Kier alpha value is -1.69. The van der Waals surface area contributed by atoms with Crippen LogP contribution in [0.3, 0.4) is 0 Å². The Morgan fingerprint density at radius 3 is 2.84 bits per heavy atom. The highest BCUT2D eigenvalue weighted by Crippen LogP contribution is 2.40. The zero-order valence-corrected chi connectivity index (χ0v) is 14.5. The van der Waals surface area contributed by atoms with Crippen molar-refractivity contribution >= 4 is 6.03 Å². The summed E-state index contributed by atoms with van der Waals surface area (Å²) in [6.07, 6.45) is 3.84. The van der Waals surface area contributed by atoms with Crippen molar-refractivity contribution in [3.63, 3.8) is 0 Å². The number of rotatable bonds is 2. The van der Waals surface area contributed by atoms with Gasteiger partial charge in [-0.3, -0.25) is 4.90 Å². The van der Waals surface area contributed by atoms with Gasteiger partial charge >= 0.3 is 6.03 Å².